The monoisotopic (exact) mass is 431 g/mol. The summed E-state index contributed by atoms with van der Waals surface area (Å²) in [5, 5.41) is 2.35. The maximum Gasteiger partial charge on any atom is 0.253 e. The minimum absolute atomic E-state index is 0.0770. The zero-order valence-electron chi connectivity index (χ0n) is 15.3. The van der Waals surface area contributed by atoms with E-state index in [1.807, 2.05) is 48.7 Å². The Balaban J connectivity index is 1.91. The van der Waals surface area contributed by atoms with E-state index in [9.17, 15) is 9.59 Å². The predicted octanol–water partition coefficient (Wildman–Crippen LogP) is 6.06. The normalized spacial score (nSPS) is 19.7. The van der Waals surface area contributed by atoms with Crippen molar-refractivity contribution in [1.82, 2.24) is 0 Å². The molecule has 1 aromatic carbocycles. The van der Waals surface area contributed by atoms with E-state index in [0.29, 0.717) is 22.0 Å². The average molecular weight is 432 g/mol. The van der Waals surface area contributed by atoms with Gasteiger partial charge in [-0.15, -0.1) is 22.9 Å². The van der Waals surface area contributed by atoms with Crippen molar-refractivity contribution >= 4 is 51.9 Å². The number of thiophene rings is 1. The van der Waals surface area contributed by atoms with Crippen molar-refractivity contribution in [3.63, 3.8) is 0 Å². The average Bonchev–Trinajstić information content (AvgIpc) is 3.30. The number of nitrogens with zero attached hydrogens (tertiary/aromatic N) is 1. The van der Waals surface area contributed by atoms with Crippen LogP contribution in [-0.2, 0) is 9.67 Å². The third-order valence-corrected chi connectivity index (χ3v) is 6.23. The number of anilines is 1. The highest BCUT2D eigenvalue weighted by atomic mass is 35.5. The summed E-state index contributed by atoms with van der Waals surface area (Å²) in [6, 6.07) is 10.9. The molecular formula is C22H19Cl2NO2S. The highest BCUT2D eigenvalue weighted by molar-refractivity contribution is 7.12. The van der Waals surface area contributed by atoms with Crippen molar-refractivity contribution in [2.75, 3.05) is 11.4 Å². The Morgan fingerprint density at radius 2 is 2.00 bits per heavy atom. The van der Waals surface area contributed by atoms with Crippen molar-refractivity contribution in [3.8, 4) is 0 Å². The number of ketones is 1. The quantitative estimate of drug-likeness (QED) is 0.303. The molecule has 0 bridgehead atoms. The largest absolute Gasteiger partial charge is 0.306 e. The van der Waals surface area contributed by atoms with Crippen LogP contribution in [0.2, 0.25) is 0 Å². The van der Waals surface area contributed by atoms with Crippen LogP contribution in [0.25, 0.3) is 0 Å². The van der Waals surface area contributed by atoms with Crippen LogP contribution in [0.3, 0.4) is 0 Å². The number of Topliss-reactive ketones (excluding diaryl/α,β-unsaturated/α-hetero) is 1. The molecular weight excluding hydrogens is 413 g/mol. The molecule has 0 radical (unpaired) electrons. The summed E-state index contributed by atoms with van der Waals surface area (Å²) < 4.78 is 0. The van der Waals surface area contributed by atoms with E-state index in [1.165, 1.54) is 11.3 Å². The van der Waals surface area contributed by atoms with Crippen LogP contribution in [0.1, 0.15) is 28.6 Å². The van der Waals surface area contributed by atoms with Gasteiger partial charge in [-0.25, -0.2) is 0 Å². The Hall–Kier alpha value is -2.14. The summed E-state index contributed by atoms with van der Waals surface area (Å²) in [6.45, 7) is 5.87. The fraction of sp³-hybridized carbons (Fsp3) is 0.182. The van der Waals surface area contributed by atoms with E-state index in [0.717, 1.165) is 11.3 Å². The number of halogens is 2. The first-order chi connectivity index (χ1) is 13.4. The lowest BCUT2D eigenvalue weighted by molar-refractivity contribution is -0.120. The van der Waals surface area contributed by atoms with Gasteiger partial charge in [0.25, 0.3) is 5.91 Å². The van der Waals surface area contributed by atoms with Gasteiger partial charge in [0.2, 0.25) is 0 Å². The molecule has 144 valence electrons. The second-order valence-corrected chi connectivity index (χ2v) is 8.58. The number of hydrogen-bond acceptors (Lipinski definition) is 3. The van der Waals surface area contributed by atoms with Crippen molar-refractivity contribution in [2.24, 2.45) is 0 Å². The molecule has 1 aromatic heterocycles. The molecule has 0 fully saturated rings. The van der Waals surface area contributed by atoms with E-state index in [-0.39, 0.29) is 18.1 Å². The molecule has 0 saturated carbocycles. The van der Waals surface area contributed by atoms with Gasteiger partial charge in [-0.3, -0.25) is 9.59 Å². The molecule has 28 heavy (non-hydrogen) atoms. The fourth-order valence-corrected chi connectivity index (χ4v) is 4.26. The number of hydrogen-bond donors (Lipinski definition) is 0. The molecule has 3 rings (SSSR count). The molecule has 1 amide bonds. The van der Waals surface area contributed by atoms with Crippen molar-refractivity contribution in [1.29, 1.82) is 0 Å². The topological polar surface area (TPSA) is 37.4 Å². The van der Waals surface area contributed by atoms with Crippen LogP contribution in [0.5, 0.6) is 0 Å². The molecule has 3 nitrogen and oxygen atoms in total. The predicted molar refractivity (Wildman–Crippen MR) is 117 cm³/mol. The zero-order valence-corrected chi connectivity index (χ0v) is 17.7. The van der Waals surface area contributed by atoms with E-state index < -0.39 is 4.87 Å². The van der Waals surface area contributed by atoms with E-state index in [4.69, 9.17) is 23.2 Å². The smallest absolute Gasteiger partial charge is 0.253 e. The molecule has 6 heteroatoms. The maximum absolute atomic E-state index is 13.3. The van der Waals surface area contributed by atoms with Crippen LogP contribution in [0, 0.1) is 0 Å². The second-order valence-electron chi connectivity index (χ2n) is 6.56. The van der Waals surface area contributed by atoms with Crippen molar-refractivity contribution < 1.29 is 9.59 Å². The van der Waals surface area contributed by atoms with Gasteiger partial charge in [0, 0.05) is 29.2 Å². The SMILES string of the molecule is C=C/C(Cl)=C\C=C(/C)CN1C(=O)C(Cl)(CC(=O)c2cccs2)c2ccccc21. The van der Waals surface area contributed by atoms with Crippen LogP contribution in [-0.4, -0.2) is 18.2 Å². The molecule has 0 spiro atoms. The number of allylic oxidation sites excluding steroid dienone is 4. The lowest BCUT2D eigenvalue weighted by Crippen LogP contribution is -2.38. The molecule has 0 saturated heterocycles. The highest BCUT2D eigenvalue weighted by Gasteiger charge is 2.50. The molecule has 2 aromatic rings. The van der Waals surface area contributed by atoms with Gasteiger partial charge in [0.15, 0.2) is 10.7 Å². The lowest BCUT2D eigenvalue weighted by Gasteiger charge is -2.22. The number of carbonyl (C=O) groups excluding carboxylic acids is 2. The van der Waals surface area contributed by atoms with Crippen LogP contribution in [0.4, 0.5) is 5.69 Å². The first-order valence-electron chi connectivity index (χ1n) is 8.69. The zero-order chi connectivity index (χ0) is 20.3. The summed E-state index contributed by atoms with van der Waals surface area (Å²) in [5.74, 6) is -0.421. The first kappa shape index (κ1) is 20.6. The van der Waals surface area contributed by atoms with E-state index in [1.54, 1.807) is 23.1 Å². The number of rotatable bonds is 7. The number of benzene rings is 1. The molecule has 1 unspecified atom stereocenters. The molecule has 1 aliphatic rings. The van der Waals surface area contributed by atoms with Gasteiger partial charge in [0.1, 0.15) is 0 Å². The first-order valence-corrected chi connectivity index (χ1v) is 10.3. The lowest BCUT2D eigenvalue weighted by atomic mass is 9.93. The fourth-order valence-electron chi connectivity index (χ4n) is 3.15. The van der Waals surface area contributed by atoms with Crippen LogP contribution in [0.15, 0.2) is 77.2 Å². The summed E-state index contributed by atoms with van der Waals surface area (Å²) in [5.41, 5.74) is 2.32. The number of amides is 1. The van der Waals surface area contributed by atoms with Crippen molar-refractivity contribution in [3.05, 3.63) is 87.6 Å². The summed E-state index contributed by atoms with van der Waals surface area (Å²) in [7, 11) is 0. The Morgan fingerprint density at radius 1 is 1.25 bits per heavy atom. The molecule has 0 aliphatic carbocycles. The minimum Gasteiger partial charge on any atom is -0.306 e. The van der Waals surface area contributed by atoms with Crippen molar-refractivity contribution in [2.45, 2.75) is 18.2 Å². The maximum atomic E-state index is 13.3. The highest BCUT2D eigenvalue weighted by Crippen LogP contribution is 2.47. The van der Waals surface area contributed by atoms with Crippen LogP contribution >= 0.6 is 34.5 Å². The molecule has 1 aliphatic heterocycles. The Labute approximate surface area is 178 Å². The van der Waals surface area contributed by atoms with Gasteiger partial charge in [-0.1, -0.05) is 60.2 Å². The Bertz CT molecular complexity index is 978. The molecule has 0 N–H and O–H groups in total. The van der Waals surface area contributed by atoms with Gasteiger partial charge < -0.3 is 4.90 Å². The number of carbonyl (C=O) groups is 2. The Kier molecular flexibility index (Phi) is 6.23. The number of alkyl halides is 1. The number of fused-ring (bicyclic) bond motifs is 1. The third-order valence-electron chi connectivity index (χ3n) is 4.54. The number of para-hydroxylation sites is 1. The van der Waals surface area contributed by atoms with E-state index in [2.05, 4.69) is 6.58 Å². The van der Waals surface area contributed by atoms with E-state index >= 15 is 0 Å². The summed E-state index contributed by atoms with van der Waals surface area (Å²) >= 11 is 14.1. The summed E-state index contributed by atoms with van der Waals surface area (Å²) in [6.07, 6.45) is 5.03. The second kappa shape index (κ2) is 8.48. The Morgan fingerprint density at radius 3 is 2.68 bits per heavy atom. The summed E-state index contributed by atoms with van der Waals surface area (Å²) in [4.78, 5) is 26.8. The third kappa shape index (κ3) is 4.00. The standard InChI is InChI=1S/C22H19Cl2NO2S/c1-3-16(23)11-10-15(2)14-25-18-8-5-4-7-17(18)22(24,21(25)27)13-19(26)20-9-6-12-28-20/h3-12H,1,13-14H2,2H3/b15-10+,16-11+. The van der Waals surface area contributed by atoms with Gasteiger partial charge in [0.05, 0.1) is 4.88 Å². The minimum atomic E-state index is -1.40. The van der Waals surface area contributed by atoms with Gasteiger partial charge >= 0.3 is 0 Å². The van der Waals surface area contributed by atoms with Gasteiger partial charge in [-0.2, -0.15) is 0 Å². The molecule has 2 heterocycles. The molecule has 1 atom stereocenters. The van der Waals surface area contributed by atoms with Crippen LogP contribution < -0.4 is 4.90 Å². The van der Waals surface area contributed by atoms with Gasteiger partial charge in [-0.05, 0) is 30.5 Å².